The van der Waals surface area contributed by atoms with Crippen molar-refractivity contribution in [2.45, 2.75) is 38.0 Å². The summed E-state index contributed by atoms with van der Waals surface area (Å²) in [6, 6.07) is 15.0. The molecule has 2 aromatic carbocycles. The van der Waals surface area contributed by atoms with Crippen LogP contribution >= 0.6 is 11.3 Å². The number of aromatic hydroxyl groups is 1. The molecule has 2 heterocycles. The molecule has 1 aromatic heterocycles. The van der Waals surface area contributed by atoms with Gasteiger partial charge in [-0.05, 0) is 49.1 Å². The van der Waals surface area contributed by atoms with Gasteiger partial charge in [-0.25, -0.2) is 0 Å². The third-order valence-electron chi connectivity index (χ3n) is 5.86. The summed E-state index contributed by atoms with van der Waals surface area (Å²) in [5.41, 5.74) is -0.495. The fourth-order valence-electron chi connectivity index (χ4n) is 3.71. The van der Waals surface area contributed by atoms with Gasteiger partial charge in [0.15, 0.2) is 5.78 Å². The van der Waals surface area contributed by atoms with Crippen LogP contribution in [0.25, 0.3) is 10.1 Å². The summed E-state index contributed by atoms with van der Waals surface area (Å²) < 4.78 is 6.37. The van der Waals surface area contributed by atoms with Crippen molar-refractivity contribution in [3.05, 3.63) is 65.0 Å². The third-order valence-corrected chi connectivity index (χ3v) is 6.98. The number of hydrogen-bond acceptors (Lipinski definition) is 6. The Morgan fingerprint density at radius 3 is 2.69 bits per heavy atom. The van der Waals surface area contributed by atoms with Crippen molar-refractivity contribution in [3.63, 3.8) is 0 Å². The SMILES string of the molecule is CC1OCC(=O)C1(C)NC(=O)C(Cc1cccc(O)c1)NC(=O)c1cc2ccccc2s1. The van der Waals surface area contributed by atoms with Crippen LogP contribution in [0.3, 0.4) is 0 Å². The molecule has 166 valence electrons. The Kier molecular flexibility index (Phi) is 5.99. The van der Waals surface area contributed by atoms with Gasteiger partial charge in [-0.1, -0.05) is 30.3 Å². The highest BCUT2D eigenvalue weighted by atomic mass is 32.1. The highest BCUT2D eigenvalue weighted by molar-refractivity contribution is 7.20. The lowest BCUT2D eigenvalue weighted by molar-refractivity contribution is -0.130. The van der Waals surface area contributed by atoms with E-state index in [1.165, 1.54) is 17.4 Å². The highest BCUT2D eigenvalue weighted by Crippen LogP contribution is 2.26. The molecule has 3 aromatic rings. The predicted octanol–water partition coefficient (Wildman–Crippen LogP) is 2.81. The third kappa shape index (κ3) is 4.37. The molecule has 3 atom stereocenters. The highest BCUT2D eigenvalue weighted by Gasteiger charge is 2.47. The van der Waals surface area contributed by atoms with E-state index < -0.39 is 23.6 Å². The van der Waals surface area contributed by atoms with Gasteiger partial charge in [-0.2, -0.15) is 0 Å². The van der Waals surface area contributed by atoms with Gasteiger partial charge in [0.1, 0.15) is 23.9 Å². The summed E-state index contributed by atoms with van der Waals surface area (Å²) >= 11 is 1.34. The average Bonchev–Trinajstić information content (AvgIpc) is 3.30. The van der Waals surface area contributed by atoms with Crippen LogP contribution in [0.5, 0.6) is 5.75 Å². The standard InChI is InChI=1S/C24H24N2O5S/c1-14-24(2,21(28)13-31-14)26-22(29)18(11-15-6-5-8-17(27)10-15)25-23(30)20-12-16-7-3-4-9-19(16)32-20/h3-10,12,14,18,27H,11,13H2,1-2H3,(H,25,30)(H,26,29). The van der Waals surface area contributed by atoms with E-state index in [1.54, 1.807) is 38.1 Å². The normalized spacial score (nSPS) is 21.4. The molecule has 7 nitrogen and oxygen atoms in total. The first-order chi connectivity index (χ1) is 15.3. The Bertz CT molecular complexity index is 1160. The molecule has 32 heavy (non-hydrogen) atoms. The number of carbonyl (C=O) groups is 3. The van der Waals surface area contributed by atoms with E-state index in [0.29, 0.717) is 10.4 Å². The van der Waals surface area contributed by atoms with Crippen molar-refractivity contribution < 1.29 is 24.2 Å². The molecular formula is C24H24N2O5S. The second kappa shape index (κ2) is 8.72. The van der Waals surface area contributed by atoms with Crippen LogP contribution in [0.4, 0.5) is 0 Å². The van der Waals surface area contributed by atoms with Crippen molar-refractivity contribution >= 4 is 39.0 Å². The molecule has 4 rings (SSSR count). The molecule has 1 saturated heterocycles. The fourth-order valence-corrected chi connectivity index (χ4v) is 4.68. The second-order valence-electron chi connectivity index (χ2n) is 8.12. The summed E-state index contributed by atoms with van der Waals surface area (Å²) in [6.45, 7) is 3.29. The summed E-state index contributed by atoms with van der Waals surface area (Å²) in [4.78, 5) is 39.1. The van der Waals surface area contributed by atoms with Gasteiger partial charge >= 0.3 is 0 Å². The number of thiophene rings is 1. The van der Waals surface area contributed by atoms with Crippen LogP contribution < -0.4 is 10.6 Å². The maximum atomic E-state index is 13.2. The number of fused-ring (bicyclic) bond motifs is 1. The van der Waals surface area contributed by atoms with E-state index in [1.807, 2.05) is 24.3 Å². The molecule has 1 aliphatic heterocycles. The van der Waals surface area contributed by atoms with Gasteiger partial charge in [0.2, 0.25) is 5.91 Å². The zero-order valence-electron chi connectivity index (χ0n) is 17.8. The number of amides is 2. The first-order valence-electron chi connectivity index (χ1n) is 10.3. The quantitative estimate of drug-likeness (QED) is 0.534. The molecule has 3 unspecified atom stereocenters. The van der Waals surface area contributed by atoms with E-state index in [9.17, 15) is 19.5 Å². The predicted molar refractivity (Wildman–Crippen MR) is 122 cm³/mol. The number of phenolic OH excluding ortho intramolecular Hbond substituents is 1. The largest absolute Gasteiger partial charge is 0.508 e. The molecular weight excluding hydrogens is 428 g/mol. The molecule has 2 amide bonds. The van der Waals surface area contributed by atoms with E-state index >= 15 is 0 Å². The lowest BCUT2D eigenvalue weighted by Gasteiger charge is -2.29. The number of ether oxygens (including phenoxy) is 1. The summed E-state index contributed by atoms with van der Waals surface area (Å²) in [5, 5.41) is 16.3. The number of phenols is 1. The number of ketones is 1. The van der Waals surface area contributed by atoms with Crippen molar-refractivity contribution in [2.75, 3.05) is 6.61 Å². The summed E-state index contributed by atoms with van der Waals surface area (Å²) in [7, 11) is 0. The Balaban J connectivity index is 1.58. The van der Waals surface area contributed by atoms with Crippen molar-refractivity contribution in [3.8, 4) is 5.75 Å². The first-order valence-corrected chi connectivity index (χ1v) is 11.1. The van der Waals surface area contributed by atoms with Crippen LogP contribution in [0.2, 0.25) is 0 Å². The van der Waals surface area contributed by atoms with E-state index in [2.05, 4.69) is 10.6 Å². The molecule has 0 saturated carbocycles. The maximum Gasteiger partial charge on any atom is 0.262 e. The zero-order chi connectivity index (χ0) is 22.9. The fraction of sp³-hybridized carbons (Fsp3) is 0.292. The van der Waals surface area contributed by atoms with Crippen molar-refractivity contribution in [2.24, 2.45) is 0 Å². The van der Waals surface area contributed by atoms with Gasteiger partial charge in [0.05, 0.1) is 11.0 Å². The summed E-state index contributed by atoms with van der Waals surface area (Å²) in [6.07, 6.45) is -0.338. The maximum absolute atomic E-state index is 13.2. The lowest BCUT2D eigenvalue weighted by Crippen LogP contribution is -2.60. The number of rotatable bonds is 6. The number of carbonyl (C=O) groups excluding carboxylic acids is 3. The van der Waals surface area contributed by atoms with Gasteiger partial charge in [0, 0.05) is 11.1 Å². The van der Waals surface area contributed by atoms with Gasteiger partial charge in [-0.3, -0.25) is 14.4 Å². The minimum Gasteiger partial charge on any atom is -0.508 e. The van der Waals surface area contributed by atoms with Gasteiger partial charge in [0.25, 0.3) is 5.91 Å². The molecule has 1 aliphatic rings. The molecule has 0 aliphatic carbocycles. The Labute approximate surface area is 189 Å². The molecule has 0 radical (unpaired) electrons. The van der Waals surface area contributed by atoms with Crippen LogP contribution in [0, 0.1) is 0 Å². The van der Waals surface area contributed by atoms with Crippen LogP contribution in [0.15, 0.2) is 54.6 Å². The summed E-state index contributed by atoms with van der Waals surface area (Å²) in [5.74, 6) is -1.02. The van der Waals surface area contributed by atoms with Crippen LogP contribution in [0.1, 0.15) is 29.1 Å². The average molecular weight is 453 g/mol. The van der Waals surface area contributed by atoms with Crippen molar-refractivity contribution in [1.29, 1.82) is 0 Å². The minimum atomic E-state index is -1.17. The molecule has 3 N–H and O–H groups in total. The molecule has 8 heteroatoms. The van der Waals surface area contributed by atoms with E-state index in [4.69, 9.17) is 4.74 Å². The lowest BCUT2D eigenvalue weighted by atomic mass is 9.92. The Morgan fingerprint density at radius 2 is 2.00 bits per heavy atom. The number of Topliss-reactive ketones (excluding diaryl/α,β-unsaturated/α-hetero) is 1. The van der Waals surface area contributed by atoms with E-state index in [0.717, 1.165) is 10.1 Å². The minimum absolute atomic E-state index is 0.0662. The number of hydrogen-bond donors (Lipinski definition) is 3. The molecule has 1 fully saturated rings. The topological polar surface area (TPSA) is 105 Å². The zero-order valence-corrected chi connectivity index (χ0v) is 18.6. The van der Waals surface area contributed by atoms with Crippen LogP contribution in [-0.4, -0.2) is 47.0 Å². The van der Waals surface area contributed by atoms with E-state index in [-0.39, 0.29) is 30.5 Å². The monoisotopic (exact) mass is 452 g/mol. The smallest absolute Gasteiger partial charge is 0.262 e. The number of nitrogens with one attached hydrogen (secondary N) is 2. The Morgan fingerprint density at radius 1 is 1.22 bits per heavy atom. The molecule has 0 bridgehead atoms. The number of benzene rings is 2. The first kappa shape index (κ1) is 22.0. The Hall–Kier alpha value is -3.23. The van der Waals surface area contributed by atoms with Crippen molar-refractivity contribution in [1.82, 2.24) is 10.6 Å². The van der Waals surface area contributed by atoms with Gasteiger partial charge in [-0.15, -0.1) is 11.3 Å². The van der Waals surface area contributed by atoms with Crippen LogP contribution in [-0.2, 0) is 20.7 Å². The van der Waals surface area contributed by atoms with Gasteiger partial charge < -0.3 is 20.5 Å². The second-order valence-corrected chi connectivity index (χ2v) is 9.20. The molecule has 0 spiro atoms.